The van der Waals surface area contributed by atoms with E-state index in [0.29, 0.717) is 0 Å². The van der Waals surface area contributed by atoms with E-state index in [0.717, 1.165) is 0 Å². The van der Waals surface area contributed by atoms with Crippen LogP contribution in [0.15, 0.2) is 0 Å². The van der Waals surface area contributed by atoms with Crippen LogP contribution in [0.1, 0.15) is 39.5 Å². The monoisotopic (exact) mass is 169 g/mol. The van der Waals surface area contributed by atoms with Gasteiger partial charge in [-0.3, -0.25) is 0 Å². The first-order chi connectivity index (χ1) is 4.41. The zero-order chi connectivity index (χ0) is 6.95. The number of hydrogen-bond donors (Lipinski definition) is 0. The van der Waals surface area contributed by atoms with Crippen molar-refractivity contribution >= 4 is 8.58 Å². The Morgan fingerprint density at radius 1 is 0.900 bits per heavy atom. The van der Waals surface area contributed by atoms with E-state index in [1.54, 1.807) is 0 Å². The van der Waals surface area contributed by atoms with Gasteiger partial charge < -0.3 is 0 Å². The molecule has 2 heteroatoms. The largest absolute Gasteiger partial charge is 1.00 e. The Morgan fingerprint density at radius 3 is 1.60 bits per heavy atom. The molecule has 0 nitrogen and oxygen atoms in total. The summed E-state index contributed by atoms with van der Waals surface area (Å²) in [7, 11) is 1.25. The van der Waals surface area contributed by atoms with Crippen LogP contribution < -0.4 is 29.6 Å². The molecule has 0 unspecified atom stereocenters. The van der Waals surface area contributed by atoms with Crippen molar-refractivity contribution in [1.82, 2.24) is 0 Å². The maximum absolute atomic E-state index is 2.27. The summed E-state index contributed by atoms with van der Waals surface area (Å²) in [6.45, 7) is 4.54. The maximum atomic E-state index is 2.27. The molecular formula is C8H19NaP+. The smallest absolute Gasteiger partial charge is 0.122 e. The fourth-order valence-corrected chi connectivity index (χ4v) is 2.19. The Bertz CT molecular complexity index is 42.5. The van der Waals surface area contributed by atoms with Crippen LogP contribution in [0.3, 0.4) is 0 Å². The van der Waals surface area contributed by atoms with E-state index in [1.807, 2.05) is 0 Å². The zero-order valence-electron chi connectivity index (χ0n) is 7.74. The first-order valence-corrected chi connectivity index (χ1v) is 5.54. The number of rotatable bonds is 6. The molecule has 0 saturated heterocycles. The summed E-state index contributed by atoms with van der Waals surface area (Å²) in [5.74, 6) is 0. The Morgan fingerprint density at radius 2 is 1.30 bits per heavy atom. The summed E-state index contributed by atoms with van der Waals surface area (Å²) in [5.41, 5.74) is 0. The summed E-state index contributed by atoms with van der Waals surface area (Å²) in [5, 5.41) is 0. The van der Waals surface area contributed by atoms with Gasteiger partial charge in [0.1, 0.15) is 0 Å². The van der Waals surface area contributed by atoms with Crippen molar-refractivity contribution in [2.75, 3.05) is 12.3 Å². The molecule has 0 aromatic carbocycles. The molecule has 0 aliphatic rings. The third kappa shape index (κ3) is 12.1. The predicted octanol–water partition coefficient (Wildman–Crippen LogP) is 0.269. The van der Waals surface area contributed by atoms with Gasteiger partial charge >= 0.3 is 29.6 Å². The van der Waals surface area contributed by atoms with Crippen molar-refractivity contribution < 1.29 is 29.6 Å². The third-order valence-electron chi connectivity index (χ3n) is 1.41. The second-order valence-electron chi connectivity index (χ2n) is 2.46. The fourth-order valence-electron chi connectivity index (χ4n) is 0.729. The Balaban J connectivity index is 0. The molecule has 0 aliphatic heterocycles. The molecule has 0 aromatic heterocycles. The van der Waals surface area contributed by atoms with Gasteiger partial charge in [-0.25, -0.2) is 0 Å². The van der Waals surface area contributed by atoms with Crippen LogP contribution in [0.2, 0.25) is 0 Å². The quantitative estimate of drug-likeness (QED) is 0.304. The van der Waals surface area contributed by atoms with E-state index in [4.69, 9.17) is 0 Å². The van der Waals surface area contributed by atoms with Crippen LogP contribution in [-0.2, 0) is 0 Å². The molecule has 0 rings (SSSR count). The molecular weight excluding hydrogens is 150 g/mol. The SMILES string of the molecule is CCCCPCCCC.[Na+]. The van der Waals surface area contributed by atoms with Gasteiger partial charge in [-0.05, 0) is 25.2 Å². The number of unbranched alkanes of at least 4 members (excludes halogenated alkanes) is 2. The van der Waals surface area contributed by atoms with Gasteiger partial charge in [-0.2, -0.15) is 0 Å². The van der Waals surface area contributed by atoms with Crippen molar-refractivity contribution in [3.05, 3.63) is 0 Å². The molecule has 0 amide bonds. The molecule has 0 bridgehead atoms. The minimum Gasteiger partial charge on any atom is -0.122 e. The minimum atomic E-state index is 0. The van der Waals surface area contributed by atoms with Crippen molar-refractivity contribution in [2.24, 2.45) is 0 Å². The van der Waals surface area contributed by atoms with Crippen LogP contribution >= 0.6 is 8.58 Å². The molecule has 0 heterocycles. The molecule has 0 radical (unpaired) electrons. The summed E-state index contributed by atoms with van der Waals surface area (Å²) in [6, 6.07) is 0. The van der Waals surface area contributed by atoms with Crippen LogP contribution in [0.4, 0.5) is 0 Å². The normalized spacial score (nSPS) is 9.00. The van der Waals surface area contributed by atoms with E-state index in [2.05, 4.69) is 13.8 Å². The van der Waals surface area contributed by atoms with E-state index in [9.17, 15) is 0 Å². The predicted molar refractivity (Wildman–Crippen MR) is 47.9 cm³/mol. The first-order valence-electron chi connectivity index (χ1n) is 4.12. The van der Waals surface area contributed by atoms with Crippen LogP contribution in [0.25, 0.3) is 0 Å². The summed E-state index contributed by atoms with van der Waals surface area (Å²) >= 11 is 0. The summed E-state index contributed by atoms with van der Waals surface area (Å²) in [4.78, 5) is 0. The topological polar surface area (TPSA) is 0 Å². The van der Waals surface area contributed by atoms with E-state index in [-0.39, 0.29) is 29.6 Å². The molecule has 56 valence electrons. The summed E-state index contributed by atoms with van der Waals surface area (Å²) in [6.07, 6.45) is 8.61. The van der Waals surface area contributed by atoms with E-state index in [1.165, 1.54) is 46.6 Å². The van der Waals surface area contributed by atoms with Gasteiger partial charge in [0.15, 0.2) is 0 Å². The van der Waals surface area contributed by atoms with Gasteiger partial charge in [0.25, 0.3) is 0 Å². The van der Waals surface area contributed by atoms with Crippen LogP contribution in [0.5, 0.6) is 0 Å². The first kappa shape index (κ1) is 14.0. The fraction of sp³-hybridized carbons (Fsp3) is 1.00. The van der Waals surface area contributed by atoms with Crippen LogP contribution in [0, 0.1) is 0 Å². The Hall–Kier alpha value is 1.43. The average Bonchev–Trinajstić information content (AvgIpc) is 1.89. The van der Waals surface area contributed by atoms with Gasteiger partial charge in [0, 0.05) is 0 Å². The van der Waals surface area contributed by atoms with Crippen molar-refractivity contribution in [3.63, 3.8) is 0 Å². The van der Waals surface area contributed by atoms with Gasteiger partial charge in [0.05, 0.1) is 0 Å². The summed E-state index contributed by atoms with van der Waals surface area (Å²) < 4.78 is 0. The molecule has 0 atom stereocenters. The van der Waals surface area contributed by atoms with Crippen molar-refractivity contribution in [3.8, 4) is 0 Å². The maximum Gasteiger partial charge on any atom is 1.00 e. The Labute approximate surface area is 89.6 Å². The van der Waals surface area contributed by atoms with Crippen molar-refractivity contribution in [2.45, 2.75) is 39.5 Å². The van der Waals surface area contributed by atoms with Crippen molar-refractivity contribution in [1.29, 1.82) is 0 Å². The molecule has 0 fully saturated rings. The standard InChI is InChI=1S/C8H19P.Na/c1-3-5-7-9-8-6-4-2;/h9H,3-8H2,1-2H3;/q;+1. The third-order valence-corrected chi connectivity index (χ3v) is 2.83. The average molecular weight is 169 g/mol. The minimum absolute atomic E-state index is 0. The second kappa shape index (κ2) is 13.1. The van der Waals surface area contributed by atoms with Gasteiger partial charge in [0.2, 0.25) is 0 Å². The molecule has 0 spiro atoms. The second-order valence-corrected chi connectivity index (χ2v) is 3.96. The molecule has 0 saturated carbocycles. The molecule has 0 N–H and O–H groups in total. The molecule has 0 aliphatic carbocycles. The zero-order valence-corrected chi connectivity index (χ0v) is 10.7. The molecule has 10 heavy (non-hydrogen) atoms. The van der Waals surface area contributed by atoms with E-state index >= 15 is 0 Å². The molecule has 0 aromatic rings. The number of hydrogen-bond acceptors (Lipinski definition) is 0. The van der Waals surface area contributed by atoms with Gasteiger partial charge in [-0.1, -0.05) is 26.7 Å². The van der Waals surface area contributed by atoms with Crippen LogP contribution in [-0.4, -0.2) is 12.3 Å². The van der Waals surface area contributed by atoms with E-state index < -0.39 is 0 Å². The Kier molecular flexibility index (Phi) is 18.2. The van der Waals surface area contributed by atoms with Gasteiger partial charge in [-0.15, -0.1) is 8.58 Å².